The number of rotatable bonds is 6. The summed E-state index contributed by atoms with van der Waals surface area (Å²) < 4.78 is 2.41. The molecule has 14 rings (SSSR count). The second-order valence-corrected chi connectivity index (χ2v) is 18.2. The zero-order chi connectivity index (χ0) is 39.4. The van der Waals surface area contributed by atoms with Gasteiger partial charge in [0, 0.05) is 38.9 Å². The average Bonchev–Trinajstić information content (AvgIpc) is 3.79. The van der Waals surface area contributed by atoms with Gasteiger partial charge in [0.15, 0.2) is 0 Å². The lowest BCUT2D eigenvalue weighted by Gasteiger charge is -2.61. The Balaban J connectivity index is 0.968. The van der Waals surface area contributed by atoms with Crippen molar-refractivity contribution in [3.05, 3.63) is 205 Å². The third-order valence-corrected chi connectivity index (χ3v) is 15.2. The number of hydrogen-bond acceptors (Lipinski definition) is 1. The number of aromatic nitrogens is 1. The van der Waals surface area contributed by atoms with Gasteiger partial charge in [-0.15, -0.1) is 0 Å². The highest BCUT2D eigenvalue weighted by atomic mass is 15.1. The molecule has 2 nitrogen and oxygen atoms in total. The molecule has 2 heteroatoms. The van der Waals surface area contributed by atoms with Crippen LogP contribution in [0.3, 0.4) is 0 Å². The first-order chi connectivity index (χ1) is 29.7. The maximum atomic E-state index is 2.56. The van der Waals surface area contributed by atoms with E-state index in [2.05, 4.69) is 204 Å². The third kappa shape index (κ3) is 5.00. The van der Waals surface area contributed by atoms with Crippen LogP contribution in [0.15, 0.2) is 194 Å². The Hall–Kier alpha value is -6.64. The average molecular weight is 771 g/mol. The van der Waals surface area contributed by atoms with Gasteiger partial charge in [-0.2, -0.15) is 0 Å². The second-order valence-electron chi connectivity index (χ2n) is 18.2. The lowest BCUT2D eigenvalue weighted by Crippen LogP contribution is -2.55. The predicted octanol–water partition coefficient (Wildman–Crippen LogP) is 15.3. The highest BCUT2D eigenvalue weighted by Crippen LogP contribution is 2.69. The summed E-state index contributed by atoms with van der Waals surface area (Å²) in [5.74, 6) is 3.35. The number of hydrogen-bond donors (Lipinski definition) is 0. The molecule has 0 saturated heterocycles. The van der Waals surface area contributed by atoms with Gasteiger partial charge >= 0.3 is 0 Å². The van der Waals surface area contributed by atoms with Gasteiger partial charge in [-0.05, 0) is 161 Å². The van der Waals surface area contributed by atoms with Crippen molar-refractivity contribution in [2.45, 2.75) is 37.5 Å². The zero-order valence-corrected chi connectivity index (χ0v) is 33.7. The first kappa shape index (κ1) is 34.2. The number of fused-ring (bicyclic) bond motifs is 6. The van der Waals surface area contributed by atoms with Gasteiger partial charge in [0.05, 0.1) is 11.0 Å². The molecule has 0 radical (unpaired) electrons. The Bertz CT molecular complexity index is 3060. The number of benzene rings is 8. The van der Waals surface area contributed by atoms with Crippen molar-refractivity contribution < 1.29 is 0 Å². The van der Waals surface area contributed by atoms with E-state index in [1.165, 1.54) is 98.7 Å². The molecule has 0 atom stereocenters. The summed E-state index contributed by atoms with van der Waals surface area (Å²) in [6.07, 6.45) is 7.05. The summed E-state index contributed by atoms with van der Waals surface area (Å²) in [6, 6.07) is 72.6. The van der Waals surface area contributed by atoms with Gasteiger partial charge in [0.1, 0.15) is 0 Å². The van der Waals surface area contributed by atoms with Crippen molar-refractivity contribution in [2.24, 2.45) is 23.7 Å². The molecule has 0 aliphatic heterocycles. The van der Waals surface area contributed by atoms with Crippen LogP contribution in [0, 0.1) is 23.7 Å². The minimum atomic E-state index is 0.151. The molecule has 0 unspecified atom stereocenters. The largest absolute Gasteiger partial charge is 0.310 e. The van der Waals surface area contributed by atoms with E-state index in [4.69, 9.17) is 0 Å². The van der Waals surface area contributed by atoms with Crippen LogP contribution in [0.4, 0.5) is 17.1 Å². The standard InChI is InChI=1S/C58H46N2/c1-3-11-40(12-4-1)41-19-21-42(22-20-41)43-23-25-47(26-24-43)59(49-28-30-57-53(37-49)51-16-8-10-18-56(51)60(57)46-13-5-2-6-14-46)48-27-29-55-52(36-48)50-15-7-9-17-54(50)58(55)44-32-38-31-39(34-44)35-45(58)33-38/h1-30,36-39,44-45H,31-35H2. The summed E-state index contributed by atoms with van der Waals surface area (Å²) >= 11 is 0. The van der Waals surface area contributed by atoms with Crippen LogP contribution in [-0.2, 0) is 5.41 Å². The van der Waals surface area contributed by atoms with Crippen molar-refractivity contribution in [1.82, 2.24) is 4.57 Å². The van der Waals surface area contributed by atoms with Crippen LogP contribution in [0.25, 0.3) is 60.9 Å². The fraction of sp³-hybridized carbons (Fsp3) is 0.172. The minimum Gasteiger partial charge on any atom is -0.310 e. The molecule has 9 aromatic rings. The number of anilines is 3. The van der Waals surface area contributed by atoms with Gasteiger partial charge in [-0.25, -0.2) is 0 Å². The number of nitrogens with zero attached hydrogens (tertiary/aromatic N) is 2. The normalized spacial score (nSPS) is 22.1. The minimum absolute atomic E-state index is 0.151. The number of para-hydroxylation sites is 2. The van der Waals surface area contributed by atoms with E-state index in [9.17, 15) is 0 Å². The fourth-order valence-electron chi connectivity index (χ4n) is 13.0. The molecule has 4 fully saturated rings. The Morgan fingerprint density at radius 1 is 0.383 bits per heavy atom. The third-order valence-electron chi connectivity index (χ3n) is 15.2. The van der Waals surface area contributed by atoms with Gasteiger partial charge in [0.2, 0.25) is 0 Å². The lowest BCUT2D eigenvalue weighted by atomic mass is 9.43. The van der Waals surface area contributed by atoms with E-state index in [0.717, 1.165) is 35.0 Å². The summed E-state index contributed by atoms with van der Waals surface area (Å²) in [4.78, 5) is 2.50. The molecule has 1 aromatic heterocycles. The molecule has 5 aliphatic carbocycles. The highest BCUT2D eigenvalue weighted by molar-refractivity contribution is 6.10. The molecule has 4 saturated carbocycles. The van der Waals surface area contributed by atoms with Crippen LogP contribution in [0.1, 0.15) is 43.2 Å². The molecule has 60 heavy (non-hydrogen) atoms. The van der Waals surface area contributed by atoms with Crippen LogP contribution in [0.5, 0.6) is 0 Å². The maximum Gasteiger partial charge on any atom is 0.0542 e. The molecule has 5 aliphatic rings. The van der Waals surface area contributed by atoms with Gasteiger partial charge in [0.25, 0.3) is 0 Å². The van der Waals surface area contributed by atoms with Gasteiger partial charge in [-0.3, -0.25) is 0 Å². The highest BCUT2D eigenvalue weighted by Gasteiger charge is 2.61. The first-order valence-corrected chi connectivity index (χ1v) is 22.1. The molecule has 0 N–H and O–H groups in total. The van der Waals surface area contributed by atoms with Gasteiger partial charge < -0.3 is 9.47 Å². The Morgan fingerprint density at radius 2 is 0.900 bits per heavy atom. The smallest absolute Gasteiger partial charge is 0.0542 e. The molecule has 1 spiro atoms. The van der Waals surface area contributed by atoms with Gasteiger partial charge in [-0.1, -0.05) is 133 Å². The van der Waals surface area contributed by atoms with Crippen molar-refractivity contribution >= 4 is 38.9 Å². The molecule has 288 valence electrons. The summed E-state index contributed by atoms with van der Waals surface area (Å²) in [7, 11) is 0. The lowest BCUT2D eigenvalue weighted by molar-refractivity contribution is -0.0399. The van der Waals surface area contributed by atoms with Crippen molar-refractivity contribution in [3.8, 4) is 39.1 Å². The zero-order valence-electron chi connectivity index (χ0n) is 33.7. The molecular formula is C58H46N2. The second kappa shape index (κ2) is 13.2. The van der Waals surface area contributed by atoms with Crippen LogP contribution >= 0.6 is 0 Å². The SMILES string of the molecule is c1ccc(-c2ccc(-c3ccc(N(c4ccc5c(c4)-c4ccccc4C54C5CC6CC(C5)CC4C6)c4ccc5c(c4)c4ccccc4n5-c4ccccc4)cc3)cc2)cc1. The monoisotopic (exact) mass is 770 g/mol. The van der Waals surface area contributed by atoms with Crippen molar-refractivity contribution in [2.75, 3.05) is 4.90 Å². The Kier molecular flexibility index (Phi) is 7.52. The van der Waals surface area contributed by atoms with Crippen molar-refractivity contribution in [3.63, 3.8) is 0 Å². The molecule has 4 bridgehead atoms. The Morgan fingerprint density at radius 3 is 1.62 bits per heavy atom. The van der Waals surface area contributed by atoms with E-state index >= 15 is 0 Å². The molecule has 8 aromatic carbocycles. The van der Waals surface area contributed by atoms with Crippen LogP contribution in [0.2, 0.25) is 0 Å². The summed E-state index contributed by atoms with van der Waals surface area (Å²) in [5, 5.41) is 2.52. The molecular weight excluding hydrogens is 725 g/mol. The summed E-state index contributed by atoms with van der Waals surface area (Å²) in [5.41, 5.74) is 18.3. The molecule has 1 heterocycles. The predicted molar refractivity (Wildman–Crippen MR) is 250 cm³/mol. The van der Waals surface area contributed by atoms with E-state index in [1.807, 2.05) is 0 Å². The first-order valence-electron chi connectivity index (χ1n) is 22.1. The summed E-state index contributed by atoms with van der Waals surface area (Å²) in [6.45, 7) is 0. The van der Waals surface area contributed by atoms with Crippen LogP contribution in [-0.4, -0.2) is 4.57 Å². The van der Waals surface area contributed by atoms with E-state index in [0.29, 0.717) is 0 Å². The van der Waals surface area contributed by atoms with E-state index < -0.39 is 0 Å². The fourth-order valence-corrected chi connectivity index (χ4v) is 13.0. The topological polar surface area (TPSA) is 8.17 Å². The van der Waals surface area contributed by atoms with Crippen molar-refractivity contribution in [1.29, 1.82) is 0 Å². The van der Waals surface area contributed by atoms with Crippen LogP contribution < -0.4 is 4.90 Å². The van der Waals surface area contributed by atoms with E-state index in [1.54, 1.807) is 11.1 Å². The Labute approximate surface area is 352 Å². The maximum absolute atomic E-state index is 2.56. The van der Waals surface area contributed by atoms with E-state index in [-0.39, 0.29) is 5.41 Å². The molecule has 0 amide bonds. The quantitative estimate of drug-likeness (QED) is 0.163.